The number of likely N-dealkylation sites (tertiary alicyclic amines) is 1. The van der Waals surface area contributed by atoms with E-state index in [0.717, 1.165) is 30.9 Å². The Morgan fingerprint density at radius 2 is 1.80 bits per heavy atom. The van der Waals surface area contributed by atoms with Crippen LogP contribution in [0, 0.1) is 6.92 Å². The highest BCUT2D eigenvalue weighted by Gasteiger charge is 2.34. The summed E-state index contributed by atoms with van der Waals surface area (Å²) in [5.74, 6) is 1.06. The lowest BCUT2D eigenvalue weighted by Gasteiger charge is -2.42. The molecule has 0 spiro atoms. The summed E-state index contributed by atoms with van der Waals surface area (Å²) >= 11 is 0. The monoisotopic (exact) mass is 397 g/mol. The Hall–Kier alpha value is -3.18. The topological polar surface area (TPSA) is 49.7 Å². The number of hydrogen-bond acceptors (Lipinski definition) is 3. The maximum absolute atomic E-state index is 4.64. The SMILES string of the molecule is Cc1ccccc1[C@@H]1CCC[C@H](c2ncc[nH]2)N1Cc1ccccc1-n1cccn1. The number of hydrogen-bond donors (Lipinski definition) is 1. The Morgan fingerprint density at radius 3 is 2.60 bits per heavy atom. The average molecular weight is 398 g/mol. The molecule has 2 aromatic carbocycles. The highest BCUT2D eigenvalue weighted by atomic mass is 15.3. The molecule has 1 aliphatic heterocycles. The molecule has 0 aliphatic carbocycles. The van der Waals surface area contributed by atoms with Crippen LogP contribution < -0.4 is 0 Å². The summed E-state index contributed by atoms with van der Waals surface area (Å²) in [6, 6.07) is 20.0. The Labute approximate surface area is 177 Å². The lowest BCUT2D eigenvalue weighted by atomic mass is 9.88. The van der Waals surface area contributed by atoms with Gasteiger partial charge in [0.1, 0.15) is 5.82 Å². The molecule has 5 nitrogen and oxygen atoms in total. The van der Waals surface area contributed by atoms with Crippen molar-refractivity contribution in [3.63, 3.8) is 0 Å². The minimum atomic E-state index is 0.268. The first kappa shape index (κ1) is 18.8. The minimum absolute atomic E-state index is 0.268. The molecule has 0 bridgehead atoms. The number of H-pyrrole nitrogens is 1. The second-order valence-electron chi connectivity index (χ2n) is 8.05. The molecular weight excluding hydrogens is 370 g/mol. The van der Waals surface area contributed by atoms with Gasteiger partial charge in [0.05, 0.1) is 11.7 Å². The van der Waals surface area contributed by atoms with E-state index < -0.39 is 0 Å². The van der Waals surface area contributed by atoms with E-state index in [1.807, 2.05) is 35.5 Å². The first-order valence-corrected chi connectivity index (χ1v) is 10.7. The van der Waals surface area contributed by atoms with Gasteiger partial charge in [-0.2, -0.15) is 5.10 Å². The maximum Gasteiger partial charge on any atom is 0.123 e. The molecule has 1 N–H and O–H groups in total. The Balaban J connectivity index is 1.57. The summed E-state index contributed by atoms with van der Waals surface area (Å²) < 4.78 is 1.96. The van der Waals surface area contributed by atoms with E-state index in [1.165, 1.54) is 23.1 Å². The lowest BCUT2D eigenvalue weighted by Crippen LogP contribution is -2.37. The highest BCUT2D eigenvalue weighted by molar-refractivity contribution is 5.40. The Morgan fingerprint density at radius 1 is 0.967 bits per heavy atom. The number of benzene rings is 2. The van der Waals surface area contributed by atoms with Crippen molar-refractivity contribution in [3.05, 3.63) is 102 Å². The zero-order valence-electron chi connectivity index (χ0n) is 17.3. The van der Waals surface area contributed by atoms with Crippen molar-refractivity contribution in [2.75, 3.05) is 0 Å². The molecule has 0 radical (unpaired) electrons. The van der Waals surface area contributed by atoms with Gasteiger partial charge in [-0.15, -0.1) is 0 Å². The van der Waals surface area contributed by atoms with Crippen molar-refractivity contribution >= 4 is 0 Å². The first-order chi connectivity index (χ1) is 14.8. The molecule has 5 rings (SSSR count). The van der Waals surface area contributed by atoms with Crippen LogP contribution in [0.4, 0.5) is 0 Å². The second-order valence-corrected chi connectivity index (χ2v) is 8.05. The van der Waals surface area contributed by atoms with Gasteiger partial charge in [-0.05, 0) is 55.0 Å². The van der Waals surface area contributed by atoms with Crippen LogP contribution in [0.15, 0.2) is 79.4 Å². The quantitative estimate of drug-likeness (QED) is 0.492. The van der Waals surface area contributed by atoms with E-state index in [4.69, 9.17) is 0 Å². The van der Waals surface area contributed by atoms with Crippen LogP contribution in [-0.2, 0) is 6.54 Å². The van der Waals surface area contributed by atoms with E-state index >= 15 is 0 Å². The fourth-order valence-corrected chi connectivity index (χ4v) is 4.80. The van der Waals surface area contributed by atoms with Crippen LogP contribution in [0.5, 0.6) is 0 Å². The Kier molecular flexibility index (Phi) is 5.20. The largest absolute Gasteiger partial charge is 0.347 e. The number of nitrogens with zero attached hydrogens (tertiary/aromatic N) is 4. The number of piperidine rings is 1. The number of aromatic nitrogens is 4. The lowest BCUT2D eigenvalue weighted by molar-refractivity contribution is 0.0685. The molecule has 1 fully saturated rings. The molecule has 3 heterocycles. The third kappa shape index (κ3) is 3.57. The van der Waals surface area contributed by atoms with E-state index in [1.54, 1.807) is 0 Å². The van der Waals surface area contributed by atoms with Gasteiger partial charge in [-0.3, -0.25) is 4.90 Å². The van der Waals surface area contributed by atoms with E-state index in [2.05, 4.69) is 75.4 Å². The summed E-state index contributed by atoms with van der Waals surface area (Å²) in [5, 5.41) is 4.48. The predicted octanol–water partition coefficient (Wildman–Crippen LogP) is 5.37. The molecule has 2 atom stereocenters. The van der Waals surface area contributed by atoms with Gasteiger partial charge in [0, 0.05) is 37.4 Å². The van der Waals surface area contributed by atoms with Gasteiger partial charge in [0.2, 0.25) is 0 Å². The number of imidazole rings is 1. The highest BCUT2D eigenvalue weighted by Crippen LogP contribution is 2.42. The normalized spacial score (nSPS) is 19.8. The van der Waals surface area contributed by atoms with Crippen molar-refractivity contribution in [1.29, 1.82) is 0 Å². The van der Waals surface area contributed by atoms with Crippen LogP contribution in [0.3, 0.4) is 0 Å². The van der Waals surface area contributed by atoms with E-state index in [0.29, 0.717) is 6.04 Å². The van der Waals surface area contributed by atoms with Crippen LogP contribution >= 0.6 is 0 Å². The average Bonchev–Trinajstić information content (AvgIpc) is 3.49. The Bertz CT molecular complexity index is 1080. The summed E-state index contributed by atoms with van der Waals surface area (Å²) in [6.07, 6.45) is 11.1. The standard InChI is InChI=1S/C25H27N5/c1-19-8-2-4-10-21(19)23-12-6-13-24(25-26-15-16-27-25)29(23)18-20-9-3-5-11-22(20)30-17-7-14-28-30/h2-5,7-11,14-17,23-24H,6,12-13,18H2,1H3,(H,26,27)/t23-,24+/m0/s1. The van der Waals surface area contributed by atoms with Crippen LogP contribution in [0.25, 0.3) is 5.69 Å². The fourth-order valence-electron chi connectivity index (χ4n) is 4.80. The van der Waals surface area contributed by atoms with E-state index in [-0.39, 0.29) is 6.04 Å². The third-order valence-corrected chi connectivity index (χ3v) is 6.23. The van der Waals surface area contributed by atoms with Crippen LogP contribution in [0.2, 0.25) is 0 Å². The van der Waals surface area contributed by atoms with Crippen molar-refractivity contribution in [1.82, 2.24) is 24.6 Å². The number of para-hydroxylation sites is 1. The second kappa shape index (κ2) is 8.28. The van der Waals surface area contributed by atoms with Gasteiger partial charge in [-0.1, -0.05) is 42.5 Å². The van der Waals surface area contributed by atoms with E-state index in [9.17, 15) is 0 Å². The first-order valence-electron chi connectivity index (χ1n) is 10.7. The predicted molar refractivity (Wildman–Crippen MR) is 118 cm³/mol. The zero-order valence-corrected chi connectivity index (χ0v) is 17.3. The summed E-state index contributed by atoms with van der Waals surface area (Å²) in [6.45, 7) is 3.07. The molecule has 0 saturated carbocycles. The zero-order chi connectivity index (χ0) is 20.3. The maximum atomic E-state index is 4.64. The fraction of sp³-hybridized carbons (Fsp3) is 0.280. The number of aromatic amines is 1. The number of nitrogens with one attached hydrogen (secondary N) is 1. The molecule has 4 aromatic rings. The summed E-state index contributed by atoms with van der Waals surface area (Å²) in [5.41, 5.74) is 5.19. The molecule has 5 heteroatoms. The van der Waals surface area contributed by atoms with Crippen LogP contribution in [0.1, 0.15) is 53.9 Å². The minimum Gasteiger partial charge on any atom is -0.347 e. The van der Waals surface area contributed by atoms with Gasteiger partial charge in [0.25, 0.3) is 0 Å². The smallest absolute Gasteiger partial charge is 0.123 e. The summed E-state index contributed by atoms with van der Waals surface area (Å²) in [4.78, 5) is 10.7. The third-order valence-electron chi connectivity index (χ3n) is 6.23. The molecule has 2 aromatic heterocycles. The number of aryl methyl sites for hydroxylation is 1. The molecule has 0 amide bonds. The van der Waals surface area contributed by atoms with Crippen molar-refractivity contribution in [2.24, 2.45) is 0 Å². The molecule has 1 saturated heterocycles. The van der Waals surface area contributed by atoms with Gasteiger partial charge < -0.3 is 4.98 Å². The van der Waals surface area contributed by atoms with Crippen molar-refractivity contribution in [3.8, 4) is 5.69 Å². The molecule has 30 heavy (non-hydrogen) atoms. The molecular formula is C25H27N5. The van der Waals surface area contributed by atoms with Crippen molar-refractivity contribution < 1.29 is 0 Å². The molecule has 1 aliphatic rings. The number of rotatable bonds is 5. The van der Waals surface area contributed by atoms with Crippen molar-refractivity contribution in [2.45, 2.75) is 44.8 Å². The molecule has 152 valence electrons. The van der Waals surface area contributed by atoms with Crippen LogP contribution in [-0.4, -0.2) is 24.6 Å². The van der Waals surface area contributed by atoms with Gasteiger partial charge in [-0.25, -0.2) is 9.67 Å². The van der Waals surface area contributed by atoms with Gasteiger partial charge >= 0.3 is 0 Å². The summed E-state index contributed by atoms with van der Waals surface area (Å²) in [7, 11) is 0. The molecule has 0 unspecified atom stereocenters. The van der Waals surface area contributed by atoms with Gasteiger partial charge in [0.15, 0.2) is 0 Å².